The van der Waals surface area contributed by atoms with Gasteiger partial charge in [-0.2, -0.15) is 4.31 Å². The van der Waals surface area contributed by atoms with Crippen LogP contribution >= 0.6 is 15.9 Å². The van der Waals surface area contributed by atoms with Crippen molar-refractivity contribution >= 4 is 26.0 Å². The van der Waals surface area contributed by atoms with E-state index < -0.39 is 22.7 Å². The number of rotatable bonds is 4. The van der Waals surface area contributed by atoms with Crippen molar-refractivity contribution in [3.05, 3.63) is 28.2 Å². The first-order valence-corrected chi connectivity index (χ1v) is 12.5. The normalized spacial score (nSPS) is 29.8. The SMILES string of the molecule is O=S1(=O)c2ccc(Br)cc2CN1C1CCCCC1C1CCN(C(F)C(F)F)CC1. The fourth-order valence-electron chi connectivity index (χ4n) is 5.40. The second kappa shape index (κ2) is 8.48. The molecule has 1 aromatic carbocycles. The number of sulfonamides is 1. The van der Waals surface area contributed by atoms with Gasteiger partial charge in [0.25, 0.3) is 6.43 Å². The summed E-state index contributed by atoms with van der Waals surface area (Å²) in [6.07, 6.45) is -0.106. The van der Waals surface area contributed by atoms with Gasteiger partial charge in [-0.3, -0.25) is 4.90 Å². The van der Waals surface area contributed by atoms with Gasteiger partial charge < -0.3 is 0 Å². The minimum absolute atomic E-state index is 0.0762. The maximum Gasteiger partial charge on any atom is 0.282 e. The van der Waals surface area contributed by atoms with Crippen molar-refractivity contribution < 1.29 is 21.6 Å². The molecule has 4 nitrogen and oxygen atoms in total. The van der Waals surface area contributed by atoms with Crippen molar-refractivity contribution in [1.29, 1.82) is 0 Å². The Morgan fingerprint density at radius 1 is 1.03 bits per heavy atom. The molecule has 0 radical (unpaired) electrons. The molecule has 2 fully saturated rings. The second-order valence-electron chi connectivity index (χ2n) is 8.40. The molecule has 4 rings (SSSR count). The fraction of sp³-hybridized carbons (Fsp3) is 0.700. The molecule has 0 amide bonds. The van der Waals surface area contributed by atoms with Crippen LogP contribution < -0.4 is 0 Å². The summed E-state index contributed by atoms with van der Waals surface area (Å²) in [5.41, 5.74) is 0.815. The summed E-state index contributed by atoms with van der Waals surface area (Å²) in [6.45, 7) is 0.994. The molecule has 1 aromatic rings. The Hall–Kier alpha value is -0.640. The molecule has 29 heavy (non-hydrogen) atoms. The molecule has 9 heteroatoms. The van der Waals surface area contributed by atoms with E-state index in [1.54, 1.807) is 16.4 Å². The number of nitrogens with zero attached hydrogens (tertiary/aromatic N) is 2. The first-order valence-electron chi connectivity index (χ1n) is 10.3. The van der Waals surface area contributed by atoms with Crippen LogP contribution in [0.1, 0.15) is 44.1 Å². The molecule has 2 aliphatic heterocycles. The van der Waals surface area contributed by atoms with Gasteiger partial charge in [-0.05, 0) is 61.3 Å². The Kier molecular flexibility index (Phi) is 6.31. The van der Waals surface area contributed by atoms with Crippen LogP contribution in [0.4, 0.5) is 13.2 Å². The highest BCUT2D eigenvalue weighted by Crippen LogP contribution is 2.43. The van der Waals surface area contributed by atoms with E-state index in [9.17, 15) is 21.6 Å². The first-order chi connectivity index (χ1) is 13.8. The number of benzene rings is 1. The zero-order chi connectivity index (χ0) is 20.8. The Morgan fingerprint density at radius 2 is 1.72 bits per heavy atom. The third-order valence-electron chi connectivity index (χ3n) is 6.82. The molecule has 3 atom stereocenters. The first kappa shape index (κ1) is 21.6. The Balaban J connectivity index is 1.51. The Bertz CT molecular complexity index is 846. The van der Waals surface area contributed by atoms with E-state index in [2.05, 4.69) is 15.9 Å². The average molecular weight is 495 g/mol. The molecular weight excluding hydrogens is 469 g/mol. The predicted molar refractivity (Wildman–Crippen MR) is 108 cm³/mol. The van der Waals surface area contributed by atoms with Gasteiger partial charge >= 0.3 is 0 Å². The van der Waals surface area contributed by atoms with Crippen molar-refractivity contribution in [2.45, 2.75) is 68.7 Å². The van der Waals surface area contributed by atoms with Crippen molar-refractivity contribution in [2.75, 3.05) is 13.1 Å². The lowest BCUT2D eigenvalue weighted by Crippen LogP contribution is -2.49. The lowest BCUT2D eigenvalue weighted by Gasteiger charge is -2.44. The van der Waals surface area contributed by atoms with Crippen LogP contribution in [0.2, 0.25) is 0 Å². The highest BCUT2D eigenvalue weighted by Gasteiger charge is 2.45. The molecule has 162 valence electrons. The summed E-state index contributed by atoms with van der Waals surface area (Å²) >= 11 is 3.42. The van der Waals surface area contributed by atoms with Crippen molar-refractivity contribution in [3.63, 3.8) is 0 Å². The third kappa shape index (κ3) is 4.12. The highest BCUT2D eigenvalue weighted by atomic mass is 79.9. The molecule has 0 aromatic heterocycles. The number of hydrogen-bond donors (Lipinski definition) is 0. The Labute approximate surface area is 178 Å². The molecular formula is C20H26BrF3N2O2S. The van der Waals surface area contributed by atoms with E-state index in [-0.39, 0.29) is 17.9 Å². The quantitative estimate of drug-likeness (QED) is 0.565. The minimum Gasteiger partial charge on any atom is -0.269 e. The molecule has 1 aliphatic carbocycles. The smallest absolute Gasteiger partial charge is 0.269 e. The summed E-state index contributed by atoms with van der Waals surface area (Å²) in [5, 5.41) is 0. The van der Waals surface area contributed by atoms with Crippen LogP contribution in [-0.2, 0) is 16.6 Å². The summed E-state index contributed by atoms with van der Waals surface area (Å²) in [7, 11) is -3.53. The number of likely N-dealkylation sites (tertiary alicyclic amines) is 1. The molecule has 3 aliphatic rings. The summed E-state index contributed by atoms with van der Waals surface area (Å²) in [5.74, 6) is 0.440. The molecule has 1 saturated heterocycles. The van der Waals surface area contributed by atoms with Gasteiger partial charge in [-0.15, -0.1) is 0 Å². The van der Waals surface area contributed by atoms with Gasteiger partial charge in [0.2, 0.25) is 16.3 Å². The van der Waals surface area contributed by atoms with Crippen LogP contribution in [0.25, 0.3) is 0 Å². The van der Waals surface area contributed by atoms with E-state index in [1.165, 1.54) is 4.90 Å². The second-order valence-corrected chi connectivity index (χ2v) is 11.2. The number of halogens is 4. The highest BCUT2D eigenvalue weighted by molar-refractivity contribution is 9.10. The lowest BCUT2D eigenvalue weighted by atomic mass is 9.72. The van der Waals surface area contributed by atoms with Crippen LogP contribution in [0.15, 0.2) is 27.6 Å². The average Bonchev–Trinajstić information content (AvgIpc) is 2.97. The number of piperidine rings is 1. The zero-order valence-corrected chi connectivity index (χ0v) is 18.5. The topological polar surface area (TPSA) is 40.6 Å². The van der Waals surface area contributed by atoms with Crippen molar-refractivity contribution in [2.24, 2.45) is 11.8 Å². The molecule has 0 spiro atoms. The maximum absolute atomic E-state index is 13.7. The number of hydrogen-bond acceptors (Lipinski definition) is 3. The van der Waals surface area contributed by atoms with Gasteiger partial charge in [-0.1, -0.05) is 28.8 Å². The summed E-state index contributed by atoms with van der Waals surface area (Å²) < 4.78 is 68.0. The summed E-state index contributed by atoms with van der Waals surface area (Å²) in [4.78, 5) is 1.61. The molecule has 0 bridgehead atoms. The van der Waals surface area contributed by atoms with E-state index in [4.69, 9.17) is 0 Å². The van der Waals surface area contributed by atoms with Crippen LogP contribution in [0.3, 0.4) is 0 Å². The number of alkyl halides is 3. The van der Waals surface area contributed by atoms with Gasteiger partial charge in [0.1, 0.15) is 0 Å². The van der Waals surface area contributed by atoms with Crippen LogP contribution in [-0.4, -0.2) is 49.5 Å². The standard InChI is InChI=1S/C20H26BrF3N2O2S/c21-15-5-6-18-14(11-15)12-26(29(18,27)28)17-4-2-1-3-16(17)13-7-9-25(10-8-13)20(24)19(22)23/h5-6,11,13,16-17,19-20H,1-4,7-10,12H2. The van der Waals surface area contributed by atoms with Gasteiger partial charge in [0.05, 0.1) is 4.90 Å². The Morgan fingerprint density at radius 3 is 2.41 bits per heavy atom. The van der Waals surface area contributed by atoms with Crippen LogP contribution in [0, 0.1) is 11.8 Å². The molecule has 0 N–H and O–H groups in total. The monoisotopic (exact) mass is 494 g/mol. The largest absolute Gasteiger partial charge is 0.282 e. The van der Waals surface area contributed by atoms with Gasteiger partial charge in [0, 0.05) is 30.1 Å². The third-order valence-corrected chi connectivity index (χ3v) is 9.29. The zero-order valence-electron chi connectivity index (χ0n) is 16.1. The predicted octanol–water partition coefficient (Wildman–Crippen LogP) is 4.78. The molecule has 3 unspecified atom stereocenters. The van der Waals surface area contributed by atoms with E-state index in [0.29, 0.717) is 37.4 Å². The molecule has 1 saturated carbocycles. The maximum atomic E-state index is 13.7. The molecule has 2 heterocycles. The van der Waals surface area contributed by atoms with E-state index in [0.717, 1.165) is 35.7 Å². The number of fused-ring (bicyclic) bond motifs is 1. The van der Waals surface area contributed by atoms with Crippen molar-refractivity contribution in [1.82, 2.24) is 9.21 Å². The van der Waals surface area contributed by atoms with Gasteiger partial charge in [-0.25, -0.2) is 21.6 Å². The van der Waals surface area contributed by atoms with Crippen LogP contribution in [0.5, 0.6) is 0 Å². The lowest BCUT2D eigenvalue weighted by molar-refractivity contribution is -0.0668. The van der Waals surface area contributed by atoms with Crippen molar-refractivity contribution in [3.8, 4) is 0 Å². The summed E-state index contributed by atoms with van der Waals surface area (Å²) in [6, 6.07) is 5.21. The van der Waals surface area contributed by atoms with Gasteiger partial charge in [0.15, 0.2) is 0 Å². The van der Waals surface area contributed by atoms with E-state index >= 15 is 0 Å². The minimum atomic E-state index is -3.53. The van der Waals surface area contributed by atoms with E-state index in [1.807, 2.05) is 6.07 Å². The fourth-order valence-corrected chi connectivity index (χ4v) is 7.68.